The molecule has 0 unspecified atom stereocenters. The Labute approximate surface area is 266 Å². The molecular weight excluding hydrogens is 710 g/mol. The summed E-state index contributed by atoms with van der Waals surface area (Å²) in [5.74, 6) is 1.62. The Kier molecular flexibility index (Phi) is 7.66. The molecule has 1 N–H and O–H groups in total. The van der Waals surface area contributed by atoms with Crippen LogP contribution < -0.4 is 0 Å². The molecule has 0 bridgehead atoms. The molecule has 0 aliphatic rings. The van der Waals surface area contributed by atoms with Gasteiger partial charge in [-0.1, -0.05) is 100.0 Å². The van der Waals surface area contributed by atoms with Gasteiger partial charge in [-0.25, -0.2) is 9.97 Å². The molecule has 7 aromatic rings. The van der Waals surface area contributed by atoms with E-state index in [0.717, 1.165) is 60.9 Å². The van der Waals surface area contributed by atoms with E-state index in [-0.39, 0.29) is 26.8 Å². The topological polar surface area (TPSA) is 50.9 Å². The van der Waals surface area contributed by atoms with Gasteiger partial charge >= 0.3 is 0 Å². The third-order valence-corrected chi connectivity index (χ3v) is 8.17. The number of rotatable bonds is 5. The number of phenolic OH excluding ortho intramolecular Hbond substituents is 1. The van der Waals surface area contributed by atoms with E-state index in [1.165, 1.54) is 11.1 Å². The van der Waals surface area contributed by atoms with Crippen molar-refractivity contribution in [1.82, 2.24) is 14.5 Å². The summed E-state index contributed by atoms with van der Waals surface area (Å²) in [5, 5.41) is 15.7. The Morgan fingerprint density at radius 2 is 1.33 bits per heavy atom. The Hall–Kier alpha value is -4.27. The zero-order chi connectivity index (χ0) is 29.0. The third kappa shape index (κ3) is 4.94. The van der Waals surface area contributed by atoms with Crippen molar-refractivity contribution >= 4 is 32.4 Å². The monoisotopic (exact) mass is 741 g/mol. The fourth-order valence-electron chi connectivity index (χ4n) is 6.08. The fourth-order valence-corrected chi connectivity index (χ4v) is 6.08. The molecule has 216 valence electrons. The van der Waals surface area contributed by atoms with Gasteiger partial charge in [0.2, 0.25) is 0 Å². The van der Waals surface area contributed by atoms with Crippen LogP contribution in [0.4, 0.5) is 0 Å². The Morgan fingerprint density at radius 1 is 0.674 bits per heavy atom. The molecular formula is C38H32N3OPt-. The van der Waals surface area contributed by atoms with Crippen molar-refractivity contribution in [1.29, 1.82) is 0 Å². The third-order valence-electron chi connectivity index (χ3n) is 8.17. The largest absolute Gasteiger partial charge is 0.507 e. The van der Waals surface area contributed by atoms with Crippen molar-refractivity contribution < 1.29 is 26.2 Å². The first-order chi connectivity index (χ1) is 20.4. The predicted molar refractivity (Wildman–Crippen MR) is 173 cm³/mol. The molecule has 0 saturated heterocycles. The van der Waals surface area contributed by atoms with Crippen molar-refractivity contribution in [2.75, 3.05) is 0 Å². The molecule has 5 aromatic carbocycles. The van der Waals surface area contributed by atoms with Crippen LogP contribution >= 0.6 is 0 Å². The number of aromatic nitrogens is 3. The van der Waals surface area contributed by atoms with Crippen LogP contribution in [-0.2, 0) is 21.1 Å². The number of fused-ring (bicyclic) bond motifs is 4. The SMILES string of the molecule is CC(C)c1cccc(C(C)C)c1-n1cc(-c2cccc3ccc[c-]c23)nc1-c1ccc2ccc3cccc(O)c3c2n1.[Pt]. The van der Waals surface area contributed by atoms with Crippen molar-refractivity contribution in [3.63, 3.8) is 0 Å². The zero-order valence-corrected chi connectivity index (χ0v) is 26.8. The summed E-state index contributed by atoms with van der Waals surface area (Å²) in [6.07, 6.45) is 2.16. The van der Waals surface area contributed by atoms with Crippen LogP contribution in [0.25, 0.3) is 60.9 Å². The minimum Gasteiger partial charge on any atom is -0.507 e. The van der Waals surface area contributed by atoms with Crippen LogP contribution in [0.2, 0.25) is 0 Å². The molecule has 0 radical (unpaired) electrons. The molecule has 5 heteroatoms. The summed E-state index contributed by atoms with van der Waals surface area (Å²) in [6.45, 7) is 8.96. The van der Waals surface area contributed by atoms with Gasteiger partial charge in [0, 0.05) is 43.7 Å². The second-order valence-corrected chi connectivity index (χ2v) is 11.6. The van der Waals surface area contributed by atoms with Crippen molar-refractivity contribution in [2.45, 2.75) is 39.5 Å². The molecule has 0 fully saturated rings. The van der Waals surface area contributed by atoms with E-state index in [1.807, 2.05) is 36.4 Å². The smallest absolute Gasteiger partial charge is 0.163 e. The van der Waals surface area contributed by atoms with Gasteiger partial charge in [0.15, 0.2) is 5.82 Å². The molecule has 4 nitrogen and oxygen atoms in total. The minimum atomic E-state index is 0. The number of pyridine rings is 1. The van der Waals surface area contributed by atoms with Gasteiger partial charge < -0.3 is 5.11 Å². The number of hydrogen-bond donors (Lipinski definition) is 1. The summed E-state index contributed by atoms with van der Waals surface area (Å²) in [5.41, 5.74) is 7.10. The van der Waals surface area contributed by atoms with Crippen molar-refractivity contribution in [2.24, 2.45) is 0 Å². The summed E-state index contributed by atoms with van der Waals surface area (Å²) in [4.78, 5) is 10.5. The molecule has 7 rings (SSSR count). The molecule has 0 aliphatic carbocycles. The number of phenols is 1. The standard InChI is InChI=1S/C38H32N3O.Pt/c1-23(2)28-14-9-15-29(24(3)4)37(28)41-22-33(31-16-7-11-25-10-5-6-13-30(25)31)40-38(41)32-21-20-27-19-18-26-12-8-17-34(42)35(26)36(27)39-32;/h5-12,14-24,42H,1-4H3;/q-1;. The quantitative estimate of drug-likeness (QED) is 0.141. The van der Waals surface area contributed by atoms with E-state index >= 15 is 0 Å². The second kappa shape index (κ2) is 11.4. The number of benzene rings is 5. The van der Waals surface area contributed by atoms with Gasteiger partial charge in [-0.3, -0.25) is 4.57 Å². The average Bonchev–Trinajstić information content (AvgIpc) is 3.45. The molecule has 2 heterocycles. The number of aromatic hydroxyl groups is 1. The predicted octanol–water partition coefficient (Wildman–Crippen LogP) is 9.81. The van der Waals surface area contributed by atoms with Gasteiger partial charge in [0.25, 0.3) is 0 Å². The summed E-state index contributed by atoms with van der Waals surface area (Å²) in [7, 11) is 0. The first kappa shape index (κ1) is 28.8. The van der Waals surface area contributed by atoms with E-state index in [9.17, 15) is 5.11 Å². The first-order valence-electron chi connectivity index (χ1n) is 14.5. The normalized spacial score (nSPS) is 11.6. The van der Waals surface area contributed by atoms with E-state index in [0.29, 0.717) is 11.8 Å². The Balaban J connectivity index is 0.00000329. The number of imidazole rings is 1. The number of hydrogen-bond acceptors (Lipinski definition) is 3. The van der Waals surface area contributed by atoms with E-state index in [2.05, 4.69) is 99.1 Å². The maximum atomic E-state index is 10.8. The molecule has 43 heavy (non-hydrogen) atoms. The molecule has 2 aromatic heterocycles. The van der Waals surface area contributed by atoms with Crippen LogP contribution in [0.15, 0.2) is 103 Å². The number of para-hydroxylation sites is 1. The van der Waals surface area contributed by atoms with Gasteiger partial charge in [-0.05, 0) is 40.5 Å². The minimum absolute atomic E-state index is 0. The molecule has 0 aliphatic heterocycles. The molecule has 0 atom stereocenters. The number of nitrogens with zero attached hydrogens (tertiary/aromatic N) is 3. The van der Waals surface area contributed by atoms with Gasteiger partial charge in [0.05, 0.1) is 11.2 Å². The Bertz CT molecular complexity index is 2100. The van der Waals surface area contributed by atoms with Crippen LogP contribution in [0.3, 0.4) is 0 Å². The van der Waals surface area contributed by atoms with Crippen LogP contribution in [0.1, 0.15) is 50.7 Å². The van der Waals surface area contributed by atoms with Gasteiger partial charge in [-0.2, -0.15) is 0 Å². The van der Waals surface area contributed by atoms with Crippen LogP contribution in [-0.4, -0.2) is 19.6 Å². The summed E-state index contributed by atoms with van der Waals surface area (Å²) < 4.78 is 2.24. The van der Waals surface area contributed by atoms with Gasteiger partial charge in [0.1, 0.15) is 11.4 Å². The second-order valence-electron chi connectivity index (χ2n) is 11.6. The molecule has 0 amide bonds. The maximum absolute atomic E-state index is 10.8. The summed E-state index contributed by atoms with van der Waals surface area (Å²) >= 11 is 0. The Morgan fingerprint density at radius 3 is 2.09 bits per heavy atom. The van der Waals surface area contributed by atoms with Crippen LogP contribution in [0, 0.1) is 6.07 Å². The fraction of sp³-hybridized carbons (Fsp3) is 0.158. The van der Waals surface area contributed by atoms with E-state index in [1.54, 1.807) is 6.07 Å². The van der Waals surface area contributed by atoms with E-state index in [4.69, 9.17) is 9.97 Å². The maximum Gasteiger partial charge on any atom is 0.163 e. The van der Waals surface area contributed by atoms with Crippen molar-refractivity contribution in [3.8, 4) is 34.2 Å². The van der Waals surface area contributed by atoms with E-state index < -0.39 is 0 Å². The van der Waals surface area contributed by atoms with Crippen LogP contribution in [0.5, 0.6) is 5.75 Å². The summed E-state index contributed by atoms with van der Waals surface area (Å²) in [6, 6.07) is 36.2. The first-order valence-corrected chi connectivity index (χ1v) is 14.5. The average molecular weight is 742 g/mol. The molecule has 0 spiro atoms. The zero-order valence-electron chi connectivity index (χ0n) is 24.6. The van der Waals surface area contributed by atoms with Crippen molar-refractivity contribution in [3.05, 3.63) is 120 Å². The van der Waals surface area contributed by atoms with Gasteiger partial charge in [-0.15, -0.1) is 35.0 Å². The molecule has 0 saturated carbocycles.